The second-order valence-corrected chi connectivity index (χ2v) is 16.0. The van der Waals surface area contributed by atoms with Gasteiger partial charge in [0, 0.05) is 68.8 Å². The lowest BCUT2D eigenvalue weighted by Gasteiger charge is -2.32. The van der Waals surface area contributed by atoms with Crippen molar-refractivity contribution < 1.29 is 23.2 Å². The number of para-hydroxylation sites is 1. The van der Waals surface area contributed by atoms with Gasteiger partial charge in [-0.05, 0) is 97.6 Å². The molecule has 0 radical (unpaired) electrons. The van der Waals surface area contributed by atoms with E-state index in [2.05, 4.69) is 52.0 Å². The molecular formula is C43H55FN8O5. The zero-order chi connectivity index (χ0) is 39.5. The fourth-order valence-corrected chi connectivity index (χ4v) is 8.26. The number of hydrogen-bond donors (Lipinski definition) is 3. The van der Waals surface area contributed by atoms with Crippen molar-refractivity contribution >= 4 is 44.4 Å². The SMILES string of the molecule is CN(C)CCCCNCCCON[C@@H]1CCN(c2c(F)cc3c(=O)c(C(=O)NCCCN4CCN(C)CC4)cn4c3c2Oc2cc3c(cc2-4)oc2ccccc23)C1. The van der Waals surface area contributed by atoms with Crippen LogP contribution < -0.4 is 31.2 Å². The Hall–Kier alpha value is -4.57. The summed E-state index contributed by atoms with van der Waals surface area (Å²) in [5.74, 6) is -0.348. The molecule has 2 saturated heterocycles. The quantitative estimate of drug-likeness (QED) is 0.0865. The molecular weight excluding hydrogens is 728 g/mol. The minimum atomic E-state index is -0.581. The van der Waals surface area contributed by atoms with E-state index in [1.807, 2.05) is 41.3 Å². The summed E-state index contributed by atoms with van der Waals surface area (Å²) in [5, 5.41) is 8.29. The fourth-order valence-electron chi connectivity index (χ4n) is 8.26. The van der Waals surface area contributed by atoms with E-state index >= 15 is 4.39 Å². The Morgan fingerprint density at radius 3 is 2.61 bits per heavy atom. The molecule has 2 aromatic heterocycles. The molecule has 8 rings (SSSR count). The molecule has 13 nitrogen and oxygen atoms in total. The summed E-state index contributed by atoms with van der Waals surface area (Å²) < 4.78 is 31.2. The molecule has 3 aliphatic rings. The van der Waals surface area contributed by atoms with Crippen molar-refractivity contribution in [2.45, 2.75) is 38.1 Å². The van der Waals surface area contributed by atoms with Crippen LogP contribution in [0.2, 0.25) is 0 Å². The maximum Gasteiger partial charge on any atom is 0.256 e. The van der Waals surface area contributed by atoms with Crippen molar-refractivity contribution in [1.82, 2.24) is 35.4 Å². The molecule has 1 atom stereocenters. The van der Waals surface area contributed by atoms with Crippen LogP contribution in [0.15, 0.2) is 57.9 Å². The zero-order valence-corrected chi connectivity index (χ0v) is 33.4. The third-order valence-corrected chi connectivity index (χ3v) is 11.4. The van der Waals surface area contributed by atoms with E-state index in [9.17, 15) is 9.59 Å². The van der Waals surface area contributed by atoms with Crippen LogP contribution in [-0.4, -0.2) is 131 Å². The number of fused-ring (bicyclic) bond motifs is 5. The standard InChI is InChI=1S/C43H55FN8O5/c1-48(2)16-7-6-13-45-14-9-23-55-47-29-12-18-51(27-29)40-34(44)24-32-39-42(40)57-38-25-31-30-10-4-5-11-36(30)56-37(31)26-35(38)52(39)28-33(41(32)53)43(54)46-15-8-17-50-21-19-49(3)20-22-50/h4-5,10-11,24-26,28-29,45,47H,6-9,12-23,27H2,1-3H3,(H,46,54)/t29-/m1/s1. The van der Waals surface area contributed by atoms with Crippen LogP contribution in [-0.2, 0) is 4.84 Å². The largest absolute Gasteiger partial charge is 0.456 e. The van der Waals surface area contributed by atoms with Gasteiger partial charge in [0.15, 0.2) is 17.3 Å². The molecule has 1 amide bonds. The summed E-state index contributed by atoms with van der Waals surface area (Å²) in [5.41, 5.74) is 5.24. The van der Waals surface area contributed by atoms with E-state index in [4.69, 9.17) is 14.0 Å². The number of hydrogen-bond acceptors (Lipinski definition) is 11. The molecule has 3 aliphatic heterocycles. The van der Waals surface area contributed by atoms with Crippen LogP contribution in [0.4, 0.5) is 10.1 Å². The predicted molar refractivity (Wildman–Crippen MR) is 223 cm³/mol. The van der Waals surface area contributed by atoms with Crippen molar-refractivity contribution in [1.29, 1.82) is 0 Å². The first-order valence-corrected chi connectivity index (χ1v) is 20.5. The van der Waals surface area contributed by atoms with Gasteiger partial charge >= 0.3 is 0 Å². The number of piperazine rings is 1. The lowest BCUT2D eigenvalue weighted by Crippen LogP contribution is -2.45. The van der Waals surface area contributed by atoms with Crippen LogP contribution in [0.3, 0.4) is 0 Å². The molecule has 3 aromatic carbocycles. The Morgan fingerprint density at radius 1 is 0.947 bits per heavy atom. The average molecular weight is 783 g/mol. The van der Waals surface area contributed by atoms with E-state index in [1.165, 1.54) is 12.5 Å². The van der Waals surface area contributed by atoms with Gasteiger partial charge in [-0.3, -0.25) is 9.59 Å². The number of halogens is 1. The van der Waals surface area contributed by atoms with E-state index in [1.54, 1.807) is 10.8 Å². The lowest BCUT2D eigenvalue weighted by atomic mass is 10.0. The van der Waals surface area contributed by atoms with Gasteiger partial charge in [-0.2, -0.15) is 5.48 Å². The average Bonchev–Trinajstić information content (AvgIpc) is 3.82. The molecule has 0 spiro atoms. The number of pyridine rings is 1. The predicted octanol–water partition coefficient (Wildman–Crippen LogP) is 4.92. The smallest absolute Gasteiger partial charge is 0.256 e. The van der Waals surface area contributed by atoms with Gasteiger partial charge in [-0.1, -0.05) is 18.2 Å². The zero-order valence-electron chi connectivity index (χ0n) is 33.4. The summed E-state index contributed by atoms with van der Waals surface area (Å²) >= 11 is 0. The van der Waals surface area contributed by atoms with Crippen molar-refractivity contribution in [3.05, 3.63) is 70.3 Å². The maximum atomic E-state index is 16.5. The molecule has 304 valence electrons. The number of furan rings is 1. The van der Waals surface area contributed by atoms with Crippen molar-refractivity contribution in [3.63, 3.8) is 0 Å². The summed E-state index contributed by atoms with van der Waals surface area (Å²) in [6.45, 7) is 9.90. The number of ether oxygens (including phenoxy) is 1. The van der Waals surface area contributed by atoms with Crippen molar-refractivity contribution in [3.8, 4) is 17.2 Å². The van der Waals surface area contributed by atoms with Gasteiger partial charge in [0.2, 0.25) is 5.43 Å². The molecule has 0 unspecified atom stereocenters. The lowest BCUT2D eigenvalue weighted by molar-refractivity contribution is 0.0196. The number of unbranched alkanes of at least 4 members (excludes halogenated alkanes) is 1. The van der Waals surface area contributed by atoms with Crippen LogP contribution >= 0.6 is 0 Å². The monoisotopic (exact) mass is 782 g/mol. The summed E-state index contributed by atoms with van der Waals surface area (Å²) in [4.78, 5) is 42.5. The Balaban J connectivity index is 1.02. The van der Waals surface area contributed by atoms with Crippen molar-refractivity contribution in [2.24, 2.45) is 0 Å². The van der Waals surface area contributed by atoms with Crippen molar-refractivity contribution in [2.75, 3.05) is 105 Å². The topological polar surface area (TPSA) is 120 Å². The Labute approximate surface area is 332 Å². The number of aromatic nitrogens is 1. The van der Waals surface area contributed by atoms with Gasteiger partial charge in [-0.25, -0.2) is 4.39 Å². The van der Waals surface area contributed by atoms with E-state index in [0.29, 0.717) is 48.8 Å². The Morgan fingerprint density at radius 2 is 1.77 bits per heavy atom. The minimum Gasteiger partial charge on any atom is -0.456 e. The maximum absolute atomic E-state index is 16.5. The normalized spacial score (nSPS) is 17.3. The highest BCUT2D eigenvalue weighted by molar-refractivity contribution is 6.07. The summed E-state index contributed by atoms with van der Waals surface area (Å²) in [7, 11) is 6.31. The number of nitrogens with one attached hydrogen (secondary N) is 3. The van der Waals surface area contributed by atoms with Crippen LogP contribution in [0, 0.1) is 5.82 Å². The molecule has 57 heavy (non-hydrogen) atoms. The van der Waals surface area contributed by atoms with Crippen LogP contribution in [0.1, 0.15) is 42.5 Å². The summed E-state index contributed by atoms with van der Waals surface area (Å²) in [6, 6.07) is 12.8. The number of carbonyl (C=O) groups excluding carboxylic acids is 1. The molecule has 5 heterocycles. The fraction of sp³-hybridized carbons (Fsp3) is 0.488. The first kappa shape index (κ1) is 39.3. The first-order chi connectivity index (χ1) is 27.7. The molecule has 5 aromatic rings. The van der Waals surface area contributed by atoms with Crippen LogP contribution in [0.25, 0.3) is 38.5 Å². The van der Waals surface area contributed by atoms with Gasteiger partial charge in [-0.15, -0.1) is 0 Å². The van der Waals surface area contributed by atoms with E-state index in [0.717, 1.165) is 94.4 Å². The highest BCUT2D eigenvalue weighted by Crippen LogP contribution is 2.49. The second-order valence-electron chi connectivity index (χ2n) is 16.0. The molecule has 0 bridgehead atoms. The van der Waals surface area contributed by atoms with Gasteiger partial charge in [0.25, 0.3) is 5.91 Å². The third-order valence-electron chi connectivity index (χ3n) is 11.4. The number of benzene rings is 3. The first-order valence-electron chi connectivity index (χ1n) is 20.5. The number of nitrogens with zero attached hydrogens (tertiary/aromatic N) is 5. The summed E-state index contributed by atoms with van der Waals surface area (Å²) in [6.07, 6.45) is 6.26. The number of rotatable bonds is 17. The van der Waals surface area contributed by atoms with Gasteiger partial charge < -0.3 is 48.8 Å². The van der Waals surface area contributed by atoms with Gasteiger partial charge in [0.1, 0.15) is 27.9 Å². The number of amides is 1. The van der Waals surface area contributed by atoms with Crippen LogP contribution in [0.5, 0.6) is 11.5 Å². The highest BCUT2D eigenvalue weighted by Gasteiger charge is 2.34. The molecule has 0 aliphatic carbocycles. The molecule has 14 heteroatoms. The minimum absolute atomic E-state index is 0.0244. The highest BCUT2D eigenvalue weighted by atomic mass is 19.1. The Kier molecular flexibility index (Phi) is 12.1. The third kappa shape index (κ3) is 8.52. The number of hydroxylamine groups is 1. The number of carbonyl (C=O) groups is 1. The second kappa shape index (κ2) is 17.5. The van der Waals surface area contributed by atoms with E-state index < -0.39 is 17.2 Å². The Bertz CT molecular complexity index is 2280. The van der Waals surface area contributed by atoms with Gasteiger partial charge in [0.05, 0.1) is 23.7 Å². The number of likely N-dealkylation sites (N-methyl/N-ethyl adjacent to an activating group) is 1. The van der Waals surface area contributed by atoms with E-state index in [-0.39, 0.29) is 28.4 Å². The molecule has 2 fully saturated rings. The molecule has 0 saturated carbocycles. The number of anilines is 1. The molecule has 3 N–H and O–H groups in total.